The fourth-order valence-corrected chi connectivity index (χ4v) is 4.29. The van der Waals surface area contributed by atoms with Crippen molar-refractivity contribution in [2.45, 2.75) is 31.3 Å². The summed E-state index contributed by atoms with van der Waals surface area (Å²) >= 11 is 0. The van der Waals surface area contributed by atoms with Crippen LogP contribution in [-0.4, -0.2) is 56.2 Å². The number of aromatic nitrogens is 3. The fraction of sp³-hybridized carbons (Fsp3) is 0.350. The number of nitrogens with zero attached hydrogens (tertiary/aromatic N) is 3. The molecule has 1 heterocycles. The van der Waals surface area contributed by atoms with Crippen molar-refractivity contribution in [2.24, 2.45) is 0 Å². The van der Waals surface area contributed by atoms with Gasteiger partial charge in [-0.25, -0.2) is 22.6 Å². The number of urea groups is 1. The highest BCUT2D eigenvalue weighted by Gasteiger charge is 2.17. The number of hydrogen-bond donors (Lipinski definition) is 3. The molecule has 172 valence electrons. The molecule has 3 rings (SSSR count). The second-order valence-corrected chi connectivity index (χ2v) is 8.90. The van der Waals surface area contributed by atoms with E-state index in [9.17, 15) is 13.2 Å². The van der Waals surface area contributed by atoms with Gasteiger partial charge in [0.25, 0.3) is 0 Å². The van der Waals surface area contributed by atoms with E-state index in [1.54, 1.807) is 42.8 Å². The molecule has 0 unspecified atom stereocenters. The van der Waals surface area contributed by atoms with Gasteiger partial charge >= 0.3 is 6.03 Å². The number of ether oxygens (including phenoxy) is 2. The molecule has 0 aliphatic carbocycles. The summed E-state index contributed by atoms with van der Waals surface area (Å²) < 4.78 is 39.2. The molecule has 12 heteroatoms. The number of fused-ring (bicyclic) bond motifs is 1. The molecule has 0 aliphatic heterocycles. The van der Waals surface area contributed by atoms with Crippen molar-refractivity contribution in [3.63, 3.8) is 0 Å². The van der Waals surface area contributed by atoms with Crippen molar-refractivity contribution >= 4 is 32.8 Å². The molecule has 2 amide bonds. The van der Waals surface area contributed by atoms with E-state index in [2.05, 4.69) is 25.7 Å². The Morgan fingerprint density at radius 2 is 1.91 bits per heavy atom. The molecule has 3 aromatic rings. The molecule has 3 N–H and O–H groups in total. The van der Waals surface area contributed by atoms with Gasteiger partial charge in [0, 0.05) is 18.7 Å². The second kappa shape index (κ2) is 9.83. The normalized spacial score (nSPS) is 11.5. The van der Waals surface area contributed by atoms with Gasteiger partial charge in [-0.05, 0) is 44.2 Å². The Kier molecular flexibility index (Phi) is 7.15. The van der Waals surface area contributed by atoms with E-state index in [1.807, 2.05) is 0 Å². The second-order valence-electron chi connectivity index (χ2n) is 7.19. The van der Waals surface area contributed by atoms with Gasteiger partial charge < -0.3 is 20.1 Å². The van der Waals surface area contributed by atoms with Gasteiger partial charge in [-0.3, -0.25) is 0 Å². The molecule has 0 spiro atoms. The molecular formula is C20H26N6O5S. The van der Waals surface area contributed by atoms with E-state index in [0.29, 0.717) is 34.8 Å². The summed E-state index contributed by atoms with van der Waals surface area (Å²) in [5, 5.41) is 13.6. The van der Waals surface area contributed by atoms with Gasteiger partial charge in [-0.1, -0.05) is 5.21 Å². The first kappa shape index (κ1) is 23.3. The SMILES string of the molecule is COc1ccc(OC)c(NC(=O)NCCn2nnc3cc(S(=O)(=O)NC(C)C)ccc32)c1. The summed E-state index contributed by atoms with van der Waals surface area (Å²) in [6.07, 6.45) is 0. The van der Waals surface area contributed by atoms with E-state index in [1.165, 1.54) is 26.4 Å². The monoisotopic (exact) mass is 462 g/mol. The van der Waals surface area contributed by atoms with Crippen LogP contribution in [-0.2, 0) is 16.6 Å². The number of amides is 2. The van der Waals surface area contributed by atoms with Crippen LogP contribution in [0.3, 0.4) is 0 Å². The smallest absolute Gasteiger partial charge is 0.319 e. The first-order chi connectivity index (χ1) is 15.2. The maximum Gasteiger partial charge on any atom is 0.319 e. The Morgan fingerprint density at radius 3 is 2.59 bits per heavy atom. The van der Waals surface area contributed by atoms with Crippen molar-refractivity contribution in [3.05, 3.63) is 36.4 Å². The molecule has 0 saturated carbocycles. The number of carbonyl (C=O) groups is 1. The summed E-state index contributed by atoms with van der Waals surface area (Å²) in [5.41, 5.74) is 1.58. The van der Waals surface area contributed by atoms with Crippen LogP contribution in [0.4, 0.5) is 10.5 Å². The number of methoxy groups -OCH3 is 2. The lowest BCUT2D eigenvalue weighted by Crippen LogP contribution is -2.31. The van der Waals surface area contributed by atoms with Crippen LogP contribution in [0.2, 0.25) is 0 Å². The average molecular weight is 463 g/mol. The lowest BCUT2D eigenvalue weighted by molar-refractivity contribution is 0.251. The Hall–Kier alpha value is -3.38. The maximum absolute atomic E-state index is 12.3. The number of nitrogens with one attached hydrogen (secondary N) is 3. The predicted octanol–water partition coefficient (Wildman–Crippen LogP) is 1.96. The molecule has 11 nitrogen and oxygen atoms in total. The third-order valence-corrected chi connectivity index (χ3v) is 6.11. The van der Waals surface area contributed by atoms with E-state index in [-0.39, 0.29) is 17.5 Å². The van der Waals surface area contributed by atoms with Gasteiger partial charge in [0.2, 0.25) is 10.0 Å². The number of anilines is 1. The zero-order valence-electron chi connectivity index (χ0n) is 18.2. The molecule has 2 aromatic carbocycles. The molecule has 1 aromatic heterocycles. The van der Waals surface area contributed by atoms with Gasteiger partial charge in [0.1, 0.15) is 17.0 Å². The number of sulfonamides is 1. The van der Waals surface area contributed by atoms with Gasteiger partial charge in [-0.15, -0.1) is 5.10 Å². The number of benzene rings is 2. The summed E-state index contributed by atoms with van der Waals surface area (Å²) in [6, 6.07) is 9.05. The minimum Gasteiger partial charge on any atom is -0.497 e. The van der Waals surface area contributed by atoms with Crippen LogP contribution in [0.5, 0.6) is 11.5 Å². The largest absolute Gasteiger partial charge is 0.497 e. The molecular weight excluding hydrogens is 436 g/mol. The molecule has 0 fully saturated rings. The van der Waals surface area contributed by atoms with E-state index in [0.717, 1.165) is 0 Å². The topological polar surface area (TPSA) is 136 Å². The van der Waals surface area contributed by atoms with Crippen molar-refractivity contribution in [1.82, 2.24) is 25.0 Å². The van der Waals surface area contributed by atoms with Crippen LogP contribution in [0.25, 0.3) is 11.0 Å². The molecule has 0 aliphatic rings. The van der Waals surface area contributed by atoms with E-state index in [4.69, 9.17) is 9.47 Å². The first-order valence-electron chi connectivity index (χ1n) is 9.86. The Morgan fingerprint density at radius 1 is 1.12 bits per heavy atom. The van der Waals surface area contributed by atoms with Gasteiger partial charge in [0.15, 0.2) is 0 Å². The lowest BCUT2D eigenvalue weighted by Gasteiger charge is -2.12. The fourth-order valence-electron chi connectivity index (χ4n) is 3.02. The Labute approximate surface area is 186 Å². The minimum atomic E-state index is -3.62. The molecule has 0 saturated heterocycles. The number of hydrogen-bond acceptors (Lipinski definition) is 7. The van der Waals surface area contributed by atoms with E-state index < -0.39 is 16.1 Å². The highest BCUT2D eigenvalue weighted by molar-refractivity contribution is 7.89. The van der Waals surface area contributed by atoms with Crippen LogP contribution in [0.15, 0.2) is 41.3 Å². The quantitative estimate of drug-likeness (QED) is 0.442. The van der Waals surface area contributed by atoms with Crippen LogP contribution < -0.4 is 24.8 Å². The summed E-state index contributed by atoms with van der Waals surface area (Å²) in [6.45, 7) is 4.11. The lowest BCUT2D eigenvalue weighted by atomic mass is 10.2. The Bertz CT molecular complexity index is 1210. The molecule has 0 atom stereocenters. The number of rotatable bonds is 9. The summed E-state index contributed by atoms with van der Waals surface area (Å²) in [7, 11) is -0.577. The Balaban J connectivity index is 1.63. The first-order valence-corrected chi connectivity index (χ1v) is 11.3. The molecule has 0 radical (unpaired) electrons. The minimum absolute atomic E-state index is 0.121. The summed E-state index contributed by atoms with van der Waals surface area (Å²) in [4.78, 5) is 12.4. The van der Waals surface area contributed by atoms with Crippen molar-refractivity contribution < 1.29 is 22.7 Å². The van der Waals surface area contributed by atoms with Crippen molar-refractivity contribution in [2.75, 3.05) is 26.1 Å². The standard InChI is InChI=1S/C20H26N6O5S/c1-13(2)24-32(28,29)15-6-7-18-16(12-15)23-25-26(18)10-9-21-20(27)22-17-11-14(30-3)5-8-19(17)31-4/h5-8,11-13,24H,9-10H2,1-4H3,(H2,21,22,27). The maximum atomic E-state index is 12.3. The van der Waals surface area contributed by atoms with Crippen LogP contribution in [0, 0.1) is 0 Å². The number of carbonyl (C=O) groups excluding carboxylic acids is 1. The van der Waals surface area contributed by atoms with E-state index >= 15 is 0 Å². The van der Waals surface area contributed by atoms with Crippen molar-refractivity contribution in [1.29, 1.82) is 0 Å². The highest BCUT2D eigenvalue weighted by atomic mass is 32.2. The van der Waals surface area contributed by atoms with Gasteiger partial charge in [-0.2, -0.15) is 0 Å². The van der Waals surface area contributed by atoms with Crippen LogP contribution >= 0.6 is 0 Å². The third-order valence-electron chi connectivity index (χ3n) is 4.45. The van der Waals surface area contributed by atoms with Gasteiger partial charge in [0.05, 0.1) is 36.9 Å². The average Bonchev–Trinajstić information content (AvgIpc) is 3.15. The third kappa shape index (κ3) is 5.45. The van der Waals surface area contributed by atoms with Crippen LogP contribution in [0.1, 0.15) is 13.8 Å². The predicted molar refractivity (Wildman–Crippen MR) is 120 cm³/mol. The zero-order chi connectivity index (χ0) is 23.3. The molecule has 32 heavy (non-hydrogen) atoms. The molecule has 0 bridgehead atoms. The zero-order valence-corrected chi connectivity index (χ0v) is 19.1. The van der Waals surface area contributed by atoms with Crippen molar-refractivity contribution in [3.8, 4) is 11.5 Å². The highest BCUT2D eigenvalue weighted by Crippen LogP contribution is 2.28. The summed E-state index contributed by atoms with van der Waals surface area (Å²) in [5.74, 6) is 1.08.